The predicted molar refractivity (Wildman–Crippen MR) is 82.5 cm³/mol. The standard InChI is InChI=1S/C16H20N4O2/c1-22-14-5-2-4-12(10-14)15-6-3-9-20(15)16(21)17-11-13-7-8-18-19-13/h2,4-5,7-8,10,15H,3,6,9,11H2,1H3,(H,17,21)(H,18,19)/t15-/m1/s1. The number of carbonyl (C=O) groups excluding carboxylic acids is 1. The molecule has 0 aliphatic carbocycles. The third kappa shape index (κ3) is 3.05. The summed E-state index contributed by atoms with van der Waals surface area (Å²) < 4.78 is 5.28. The number of hydrogen-bond acceptors (Lipinski definition) is 3. The molecule has 2 amide bonds. The van der Waals surface area contributed by atoms with Crippen LogP contribution in [-0.2, 0) is 6.54 Å². The number of benzene rings is 1. The van der Waals surface area contributed by atoms with Crippen molar-refractivity contribution in [3.05, 3.63) is 47.8 Å². The first-order chi connectivity index (χ1) is 10.8. The fourth-order valence-electron chi connectivity index (χ4n) is 2.86. The lowest BCUT2D eigenvalue weighted by atomic mass is 10.0. The number of urea groups is 1. The van der Waals surface area contributed by atoms with Gasteiger partial charge in [0.25, 0.3) is 0 Å². The molecule has 2 aromatic rings. The van der Waals surface area contributed by atoms with Gasteiger partial charge in [0, 0.05) is 12.7 Å². The summed E-state index contributed by atoms with van der Waals surface area (Å²) in [5.74, 6) is 0.821. The highest BCUT2D eigenvalue weighted by Crippen LogP contribution is 2.33. The lowest BCUT2D eigenvalue weighted by Gasteiger charge is -2.25. The number of ether oxygens (including phenoxy) is 1. The molecular formula is C16H20N4O2. The molecule has 116 valence electrons. The van der Waals surface area contributed by atoms with Crippen LogP contribution in [-0.4, -0.2) is 34.8 Å². The maximum absolute atomic E-state index is 12.4. The van der Waals surface area contributed by atoms with E-state index in [1.54, 1.807) is 13.3 Å². The zero-order chi connectivity index (χ0) is 15.4. The van der Waals surface area contributed by atoms with Crippen LogP contribution in [0.25, 0.3) is 0 Å². The van der Waals surface area contributed by atoms with Crippen molar-refractivity contribution in [1.29, 1.82) is 0 Å². The van der Waals surface area contributed by atoms with Crippen LogP contribution in [0.3, 0.4) is 0 Å². The molecule has 22 heavy (non-hydrogen) atoms. The molecule has 0 bridgehead atoms. The first-order valence-electron chi connectivity index (χ1n) is 7.44. The monoisotopic (exact) mass is 300 g/mol. The second-order valence-corrected chi connectivity index (χ2v) is 5.37. The molecule has 0 saturated carbocycles. The minimum Gasteiger partial charge on any atom is -0.497 e. The quantitative estimate of drug-likeness (QED) is 0.911. The lowest BCUT2D eigenvalue weighted by Crippen LogP contribution is -2.39. The first-order valence-corrected chi connectivity index (χ1v) is 7.44. The SMILES string of the molecule is COc1cccc([C@H]2CCCN2C(=O)NCc2ccn[nH]2)c1. The van der Waals surface area contributed by atoms with Crippen LogP contribution in [0, 0.1) is 0 Å². The van der Waals surface area contributed by atoms with Crippen LogP contribution in [0.2, 0.25) is 0 Å². The molecule has 1 atom stereocenters. The first kappa shape index (κ1) is 14.4. The van der Waals surface area contributed by atoms with Gasteiger partial charge >= 0.3 is 6.03 Å². The number of amides is 2. The Morgan fingerprint density at radius 3 is 3.18 bits per heavy atom. The van der Waals surface area contributed by atoms with Crippen LogP contribution >= 0.6 is 0 Å². The minimum absolute atomic E-state index is 0.0417. The Kier molecular flexibility index (Phi) is 4.27. The average Bonchev–Trinajstić information content (AvgIpc) is 3.24. The topological polar surface area (TPSA) is 70.2 Å². The van der Waals surface area contributed by atoms with E-state index in [-0.39, 0.29) is 12.1 Å². The number of nitrogens with zero attached hydrogens (tertiary/aromatic N) is 2. The van der Waals surface area contributed by atoms with Crippen LogP contribution in [0.1, 0.15) is 30.1 Å². The van der Waals surface area contributed by atoms with E-state index in [1.165, 1.54) is 0 Å². The summed E-state index contributed by atoms with van der Waals surface area (Å²) in [6.07, 6.45) is 3.67. The van der Waals surface area contributed by atoms with Gasteiger partial charge in [-0.2, -0.15) is 5.10 Å². The van der Waals surface area contributed by atoms with E-state index in [2.05, 4.69) is 15.5 Å². The number of methoxy groups -OCH3 is 1. The zero-order valence-corrected chi connectivity index (χ0v) is 12.6. The average molecular weight is 300 g/mol. The number of carbonyl (C=O) groups is 1. The number of rotatable bonds is 4. The summed E-state index contributed by atoms with van der Waals surface area (Å²) >= 11 is 0. The zero-order valence-electron chi connectivity index (χ0n) is 12.6. The largest absolute Gasteiger partial charge is 0.497 e. The molecule has 1 aliphatic heterocycles. The molecule has 3 rings (SSSR count). The Balaban J connectivity index is 1.68. The Morgan fingerprint density at radius 2 is 2.41 bits per heavy atom. The van der Waals surface area contributed by atoms with Gasteiger partial charge in [-0.3, -0.25) is 5.10 Å². The molecule has 0 unspecified atom stereocenters. The van der Waals surface area contributed by atoms with E-state index < -0.39 is 0 Å². The molecule has 2 N–H and O–H groups in total. The van der Waals surface area contributed by atoms with Crippen LogP contribution < -0.4 is 10.1 Å². The summed E-state index contributed by atoms with van der Waals surface area (Å²) in [6.45, 7) is 1.23. The number of hydrogen-bond donors (Lipinski definition) is 2. The van der Waals surface area contributed by atoms with E-state index in [1.807, 2.05) is 35.2 Å². The molecule has 1 aliphatic rings. The second-order valence-electron chi connectivity index (χ2n) is 5.37. The highest BCUT2D eigenvalue weighted by atomic mass is 16.5. The van der Waals surface area contributed by atoms with Gasteiger partial charge in [0.05, 0.1) is 25.4 Å². The maximum Gasteiger partial charge on any atom is 0.318 e. The Hall–Kier alpha value is -2.50. The van der Waals surface area contributed by atoms with E-state index in [9.17, 15) is 4.79 Å². The number of aromatic amines is 1. The van der Waals surface area contributed by atoms with Gasteiger partial charge in [0.1, 0.15) is 5.75 Å². The fourth-order valence-corrected chi connectivity index (χ4v) is 2.86. The Morgan fingerprint density at radius 1 is 1.50 bits per heavy atom. The van der Waals surface area contributed by atoms with Crippen LogP contribution in [0.15, 0.2) is 36.5 Å². The summed E-state index contributed by atoms with van der Waals surface area (Å²) in [4.78, 5) is 14.3. The van der Waals surface area contributed by atoms with Crippen molar-refractivity contribution in [2.75, 3.05) is 13.7 Å². The predicted octanol–water partition coefficient (Wildman–Crippen LogP) is 2.46. The van der Waals surface area contributed by atoms with Crippen molar-refractivity contribution in [2.24, 2.45) is 0 Å². The lowest BCUT2D eigenvalue weighted by molar-refractivity contribution is 0.192. The van der Waals surface area contributed by atoms with Gasteiger partial charge < -0.3 is 15.0 Å². The van der Waals surface area contributed by atoms with Gasteiger partial charge in [0.2, 0.25) is 0 Å². The van der Waals surface area contributed by atoms with Crippen molar-refractivity contribution >= 4 is 6.03 Å². The van der Waals surface area contributed by atoms with Crippen molar-refractivity contribution < 1.29 is 9.53 Å². The summed E-state index contributed by atoms with van der Waals surface area (Å²) in [5, 5.41) is 9.66. The smallest absolute Gasteiger partial charge is 0.318 e. The summed E-state index contributed by atoms with van der Waals surface area (Å²) in [6, 6.07) is 9.86. The number of nitrogens with one attached hydrogen (secondary N) is 2. The second kappa shape index (κ2) is 6.51. The molecule has 2 heterocycles. The molecule has 1 saturated heterocycles. The Labute approximate surface area is 129 Å². The number of likely N-dealkylation sites (tertiary alicyclic amines) is 1. The molecule has 1 fully saturated rings. The van der Waals surface area contributed by atoms with Crippen molar-refractivity contribution in [1.82, 2.24) is 20.4 Å². The van der Waals surface area contributed by atoms with Gasteiger partial charge in [-0.15, -0.1) is 0 Å². The van der Waals surface area contributed by atoms with Crippen molar-refractivity contribution in [2.45, 2.75) is 25.4 Å². The van der Waals surface area contributed by atoms with E-state index in [4.69, 9.17) is 4.74 Å². The fraction of sp³-hybridized carbons (Fsp3) is 0.375. The van der Waals surface area contributed by atoms with Gasteiger partial charge in [-0.05, 0) is 36.6 Å². The number of aromatic nitrogens is 2. The minimum atomic E-state index is -0.0417. The molecule has 0 spiro atoms. The molecule has 6 nitrogen and oxygen atoms in total. The van der Waals surface area contributed by atoms with Gasteiger partial charge in [-0.25, -0.2) is 4.79 Å². The third-order valence-electron chi connectivity index (χ3n) is 3.98. The summed E-state index contributed by atoms with van der Waals surface area (Å²) in [7, 11) is 1.66. The number of H-pyrrole nitrogens is 1. The molecule has 0 radical (unpaired) electrons. The Bertz CT molecular complexity index is 627. The van der Waals surface area contributed by atoms with Crippen LogP contribution in [0.4, 0.5) is 4.79 Å². The highest BCUT2D eigenvalue weighted by Gasteiger charge is 2.30. The van der Waals surface area contributed by atoms with Gasteiger partial charge in [-0.1, -0.05) is 12.1 Å². The van der Waals surface area contributed by atoms with E-state index >= 15 is 0 Å². The molecular weight excluding hydrogens is 280 g/mol. The van der Waals surface area contributed by atoms with Gasteiger partial charge in [0.15, 0.2) is 0 Å². The summed E-state index contributed by atoms with van der Waals surface area (Å²) in [5.41, 5.74) is 2.01. The van der Waals surface area contributed by atoms with Crippen LogP contribution in [0.5, 0.6) is 5.75 Å². The normalized spacial score (nSPS) is 17.5. The molecule has 1 aromatic heterocycles. The van der Waals surface area contributed by atoms with Crippen molar-refractivity contribution in [3.63, 3.8) is 0 Å². The van der Waals surface area contributed by atoms with E-state index in [0.717, 1.165) is 36.4 Å². The maximum atomic E-state index is 12.4. The van der Waals surface area contributed by atoms with E-state index in [0.29, 0.717) is 6.54 Å². The third-order valence-corrected chi connectivity index (χ3v) is 3.98. The molecule has 1 aromatic carbocycles. The molecule has 6 heteroatoms. The van der Waals surface area contributed by atoms with Crippen molar-refractivity contribution in [3.8, 4) is 5.75 Å². The highest BCUT2D eigenvalue weighted by molar-refractivity contribution is 5.75.